The fourth-order valence-corrected chi connectivity index (χ4v) is 2.43. The molecule has 1 saturated carbocycles. The third-order valence-electron chi connectivity index (χ3n) is 3.21. The van der Waals surface area contributed by atoms with Crippen LogP contribution < -0.4 is 0 Å². The minimum atomic E-state index is -0.786. The van der Waals surface area contributed by atoms with Gasteiger partial charge in [0.1, 0.15) is 6.10 Å². The lowest BCUT2D eigenvalue weighted by Gasteiger charge is -2.18. The lowest BCUT2D eigenvalue weighted by molar-refractivity contribution is -0.130. The number of carbonyl (C=O) groups is 1. The summed E-state index contributed by atoms with van der Waals surface area (Å²) in [6.07, 6.45) is 8.76. The van der Waals surface area contributed by atoms with E-state index in [4.69, 9.17) is 0 Å². The van der Waals surface area contributed by atoms with Crippen LogP contribution in [0.4, 0.5) is 0 Å². The van der Waals surface area contributed by atoms with Crippen LogP contribution in [0.1, 0.15) is 19.8 Å². The zero-order valence-electron chi connectivity index (χ0n) is 8.39. The highest BCUT2D eigenvalue weighted by atomic mass is 16.3. The van der Waals surface area contributed by atoms with Crippen LogP contribution in [0.3, 0.4) is 0 Å². The zero-order valence-corrected chi connectivity index (χ0v) is 8.39. The number of carbonyl (C=O) groups excluding carboxylic acids is 1. The molecule has 0 aromatic carbocycles. The van der Waals surface area contributed by atoms with Crippen molar-refractivity contribution in [2.45, 2.75) is 25.9 Å². The lowest BCUT2D eigenvalue weighted by atomic mass is 9.91. The lowest BCUT2D eigenvalue weighted by Crippen LogP contribution is -2.31. The van der Waals surface area contributed by atoms with E-state index in [9.17, 15) is 9.90 Å². The van der Waals surface area contributed by atoms with Gasteiger partial charge in [0.25, 0.3) is 0 Å². The maximum Gasteiger partial charge on any atom is 0.168 e. The Morgan fingerprint density at radius 1 is 1.29 bits per heavy atom. The van der Waals surface area contributed by atoms with Crippen molar-refractivity contribution < 1.29 is 9.90 Å². The van der Waals surface area contributed by atoms with Crippen molar-refractivity contribution in [2.75, 3.05) is 0 Å². The first kappa shape index (κ1) is 9.66. The largest absolute Gasteiger partial charge is 0.385 e. The first-order chi connectivity index (χ1) is 6.68. The summed E-state index contributed by atoms with van der Waals surface area (Å²) in [5.74, 6) is 0.459. The van der Waals surface area contributed by atoms with Crippen molar-refractivity contribution >= 4 is 5.78 Å². The third-order valence-corrected chi connectivity index (χ3v) is 3.21. The topological polar surface area (TPSA) is 37.3 Å². The van der Waals surface area contributed by atoms with Gasteiger partial charge in [-0.25, -0.2) is 0 Å². The quantitative estimate of drug-likeness (QED) is 0.634. The highest BCUT2D eigenvalue weighted by Gasteiger charge is 2.35. The molecule has 0 saturated heterocycles. The molecule has 0 aliphatic heterocycles. The van der Waals surface area contributed by atoms with E-state index in [0.717, 1.165) is 12.8 Å². The molecule has 0 radical (unpaired) electrons. The molecule has 1 N–H and O–H groups in total. The summed E-state index contributed by atoms with van der Waals surface area (Å²) >= 11 is 0. The number of aliphatic hydroxyl groups excluding tert-OH is 1. The maximum atomic E-state index is 11.8. The van der Waals surface area contributed by atoms with Gasteiger partial charge in [0.05, 0.1) is 0 Å². The fraction of sp³-hybridized carbons (Fsp3) is 0.583. The molecule has 1 fully saturated rings. The second-order valence-electron chi connectivity index (χ2n) is 4.46. The van der Waals surface area contributed by atoms with Crippen molar-refractivity contribution in [3.63, 3.8) is 0 Å². The van der Waals surface area contributed by atoms with Gasteiger partial charge in [-0.15, -0.1) is 0 Å². The van der Waals surface area contributed by atoms with E-state index in [-0.39, 0.29) is 17.6 Å². The number of hydrogen-bond donors (Lipinski definition) is 1. The summed E-state index contributed by atoms with van der Waals surface area (Å²) < 4.78 is 0. The van der Waals surface area contributed by atoms with Crippen LogP contribution in [-0.2, 0) is 4.79 Å². The fourth-order valence-electron chi connectivity index (χ4n) is 2.43. The molecule has 2 aliphatic carbocycles. The molecule has 2 heteroatoms. The van der Waals surface area contributed by atoms with E-state index in [1.807, 2.05) is 24.3 Å². The van der Waals surface area contributed by atoms with Gasteiger partial charge >= 0.3 is 0 Å². The molecule has 0 aromatic heterocycles. The van der Waals surface area contributed by atoms with Crippen LogP contribution >= 0.6 is 0 Å². The average molecular weight is 192 g/mol. The van der Waals surface area contributed by atoms with E-state index >= 15 is 0 Å². The van der Waals surface area contributed by atoms with Crippen molar-refractivity contribution in [2.24, 2.45) is 17.8 Å². The Labute approximate surface area is 84.3 Å². The Kier molecular flexibility index (Phi) is 2.55. The zero-order chi connectivity index (χ0) is 10.1. The summed E-state index contributed by atoms with van der Waals surface area (Å²) in [6, 6.07) is 0. The predicted molar refractivity (Wildman–Crippen MR) is 54.7 cm³/mol. The summed E-state index contributed by atoms with van der Waals surface area (Å²) in [5, 5.41) is 9.84. The summed E-state index contributed by atoms with van der Waals surface area (Å²) in [6.45, 7) is 2.15. The van der Waals surface area contributed by atoms with Gasteiger partial charge in [-0.05, 0) is 18.8 Å². The smallest absolute Gasteiger partial charge is 0.168 e. The first-order valence-electron chi connectivity index (χ1n) is 5.25. The molecule has 76 valence electrons. The molecule has 0 aromatic rings. The van der Waals surface area contributed by atoms with Gasteiger partial charge < -0.3 is 5.11 Å². The summed E-state index contributed by atoms with van der Waals surface area (Å²) in [7, 11) is 0. The van der Waals surface area contributed by atoms with E-state index in [1.165, 1.54) is 0 Å². The molecule has 0 heterocycles. The van der Waals surface area contributed by atoms with E-state index < -0.39 is 6.10 Å². The van der Waals surface area contributed by atoms with Gasteiger partial charge in [0.15, 0.2) is 5.78 Å². The number of fused-ring (bicyclic) bond motifs is 3. The molecular weight excluding hydrogens is 176 g/mol. The average Bonchev–Trinajstić information content (AvgIpc) is 2.27. The predicted octanol–water partition coefficient (Wildman–Crippen LogP) is 1.70. The van der Waals surface area contributed by atoms with Gasteiger partial charge in [0.2, 0.25) is 0 Å². The molecule has 2 aliphatic rings. The Morgan fingerprint density at radius 3 is 2.79 bits per heavy atom. The SMILES string of the molecule is C[C@@H]1C[C@H]2/C=C\C=C/[C@@H](C1)C(=O)[C@@H]2O. The minimum absolute atomic E-state index is 0.0000463. The normalized spacial score (nSPS) is 46.6. The number of Topliss-reactive ketones (excluding diaryl/α,β-unsaturated/α-hetero) is 1. The number of aliphatic hydroxyl groups is 1. The summed E-state index contributed by atoms with van der Waals surface area (Å²) in [5.41, 5.74) is 0. The van der Waals surface area contributed by atoms with Gasteiger partial charge in [-0.3, -0.25) is 4.79 Å². The molecule has 2 bridgehead atoms. The number of allylic oxidation sites excluding steroid dienone is 3. The maximum absolute atomic E-state index is 11.8. The van der Waals surface area contributed by atoms with E-state index in [2.05, 4.69) is 6.92 Å². The molecule has 2 nitrogen and oxygen atoms in total. The van der Waals surface area contributed by atoms with Crippen LogP contribution in [0.25, 0.3) is 0 Å². The Morgan fingerprint density at radius 2 is 2.00 bits per heavy atom. The monoisotopic (exact) mass is 192 g/mol. The van der Waals surface area contributed by atoms with Crippen molar-refractivity contribution in [1.82, 2.24) is 0 Å². The van der Waals surface area contributed by atoms with Crippen molar-refractivity contribution in [3.8, 4) is 0 Å². The Bertz CT molecular complexity index is 291. The second kappa shape index (κ2) is 3.70. The second-order valence-corrected chi connectivity index (χ2v) is 4.46. The number of ketones is 1. The molecule has 0 spiro atoms. The van der Waals surface area contributed by atoms with Crippen molar-refractivity contribution in [1.29, 1.82) is 0 Å². The molecule has 14 heavy (non-hydrogen) atoms. The van der Waals surface area contributed by atoms with Crippen LogP contribution in [0, 0.1) is 17.8 Å². The van der Waals surface area contributed by atoms with Gasteiger partial charge in [-0.2, -0.15) is 0 Å². The van der Waals surface area contributed by atoms with E-state index in [1.54, 1.807) is 0 Å². The first-order valence-corrected chi connectivity index (χ1v) is 5.25. The highest BCUT2D eigenvalue weighted by Crippen LogP contribution is 2.32. The van der Waals surface area contributed by atoms with Crippen LogP contribution in [0.5, 0.6) is 0 Å². The van der Waals surface area contributed by atoms with Gasteiger partial charge in [-0.1, -0.05) is 31.2 Å². The van der Waals surface area contributed by atoms with Crippen molar-refractivity contribution in [3.05, 3.63) is 24.3 Å². The Hall–Kier alpha value is -0.890. The number of rotatable bonds is 0. The van der Waals surface area contributed by atoms with Crippen LogP contribution in [0.2, 0.25) is 0 Å². The van der Waals surface area contributed by atoms with E-state index in [0.29, 0.717) is 5.92 Å². The van der Waals surface area contributed by atoms with Gasteiger partial charge in [0, 0.05) is 11.8 Å². The van der Waals surface area contributed by atoms with Crippen LogP contribution in [0.15, 0.2) is 24.3 Å². The summed E-state index contributed by atoms with van der Waals surface area (Å²) in [4.78, 5) is 11.8. The molecule has 0 amide bonds. The molecule has 2 rings (SSSR count). The molecular formula is C12H16O2. The standard InChI is InChI=1S/C12H16O2/c1-8-6-9-4-2-3-5-10(7-8)12(14)11(9)13/h2-5,8-11,13H,6-7H2,1H3/b4-2-,5-3-/t8-,9-,10+,11-/m1/s1. The Balaban J connectivity index is 2.36. The highest BCUT2D eigenvalue weighted by molar-refractivity contribution is 5.87. The number of hydrogen-bond acceptors (Lipinski definition) is 2. The molecule has 4 atom stereocenters. The van der Waals surface area contributed by atoms with Crippen LogP contribution in [-0.4, -0.2) is 17.0 Å². The third kappa shape index (κ3) is 1.67. The molecule has 0 unspecified atom stereocenters. The minimum Gasteiger partial charge on any atom is -0.385 e.